The number of carbonyl (C=O) groups excluding carboxylic acids is 1. The minimum Gasteiger partial charge on any atom is -0.336 e. The summed E-state index contributed by atoms with van der Waals surface area (Å²) in [4.78, 5) is 13.9. The Labute approximate surface area is 132 Å². The zero-order valence-electron chi connectivity index (χ0n) is 12.5. The van der Waals surface area contributed by atoms with E-state index in [0.717, 1.165) is 0 Å². The van der Waals surface area contributed by atoms with Crippen molar-refractivity contribution in [3.8, 4) is 5.69 Å². The Balaban J connectivity index is 2.37. The average Bonchev–Trinajstić information content (AvgIpc) is 2.89. The molecule has 6 nitrogen and oxygen atoms in total. The van der Waals surface area contributed by atoms with Crippen LogP contribution in [0, 0.1) is 12.7 Å². The molecule has 2 aromatic rings. The molecule has 0 radical (unpaired) electrons. The molecule has 0 saturated carbocycles. The topological polar surface area (TPSA) is 77.0 Å². The van der Waals surface area contributed by atoms with E-state index in [4.69, 9.17) is 17.3 Å². The SMILES string of the molecule is Cc1c(C(=O)N(C)C(C)CN)nnn1-c1ccc(F)c(Cl)c1. The van der Waals surface area contributed by atoms with E-state index in [1.165, 1.54) is 27.8 Å². The molecule has 0 aliphatic heterocycles. The molecule has 0 spiro atoms. The lowest BCUT2D eigenvalue weighted by Crippen LogP contribution is -2.40. The minimum absolute atomic E-state index is 0.0193. The number of rotatable bonds is 4. The zero-order chi connectivity index (χ0) is 16.4. The first-order chi connectivity index (χ1) is 10.4. The fourth-order valence-corrected chi connectivity index (χ4v) is 2.09. The molecule has 0 saturated heterocycles. The molecule has 2 N–H and O–H groups in total. The van der Waals surface area contributed by atoms with Crippen LogP contribution in [-0.4, -0.2) is 45.4 Å². The summed E-state index contributed by atoms with van der Waals surface area (Å²) in [5.74, 6) is -0.786. The lowest BCUT2D eigenvalue weighted by Gasteiger charge is -2.22. The van der Waals surface area contributed by atoms with Crippen molar-refractivity contribution in [2.45, 2.75) is 19.9 Å². The third-order valence-corrected chi connectivity index (χ3v) is 3.86. The molecule has 8 heteroatoms. The fraction of sp³-hybridized carbons (Fsp3) is 0.357. The van der Waals surface area contributed by atoms with Crippen LogP contribution in [-0.2, 0) is 0 Å². The third kappa shape index (κ3) is 2.95. The maximum absolute atomic E-state index is 13.2. The van der Waals surface area contributed by atoms with Gasteiger partial charge in [0.15, 0.2) is 5.69 Å². The largest absolute Gasteiger partial charge is 0.336 e. The number of nitrogens with zero attached hydrogens (tertiary/aromatic N) is 4. The molecule has 0 aliphatic carbocycles. The zero-order valence-corrected chi connectivity index (χ0v) is 13.3. The van der Waals surface area contributed by atoms with Crippen LogP contribution in [0.4, 0.5) is 4.39 Å². The Morgan fingerprint density at radius 3 is 2.82 bits per heavy atom. The molecule has 22 heavy (non-hydrogen) atoms. The van der Waals surface area contributed by atoms with Gasteiger partial charge in [-0.1, -0.05) is 16.8 Å². The van der Waals surface area contributed by atoms with E-state index in [1.807, 2.05) is 6.92 Å². The lowest BCUT2D eigenvalue weighted by molar-refractivity contribution is 0.0741. The summed E-state index contributed by atoms with van der Waals surface area (Å²) < 4.78 is 14.7. The van der Waals surface area contributed by atoms with Crippen molar-refractivity contribution in [1.82, 2.24) is 19.9 Å². The van der Waals surface area contributed by atoms with Gasteiger partial charge >= 0.3 is 0 Å². The molecule has 0 aliphatic rings. The van der Waals surface area contributed by atoms with Gasteiger partial charge in [-0.05, 0) is 32.0 Å². The predicted octanol–water partition coefficient (Wildman–Crippen LogP) is 1.79. The molecular formula is C14H17ClFN5O. The highest BCUT2D eigenvalue weighted by Gasteiger charge is 2.23. The Hall–Kier alpha value is -1.99. The summed E-state index contributed by atoms with van der Waals surface area (Å²) in [5.41, 5.74) is 6.87. The Morgan fingerprint density at radius 1 is 1.55 bits per heavy atom. The van der Waals surface area contributed by atoms with Gasteiger partial charge in [0.2, 0.25) is 0 Å². The molecule has 1 unspecified atom stereocenters. The van der Waals surface area contributed by atoms with Gasteiger partial charge in [0.05, 0.1) is 16.4 Å². The van der Waals surface area contributed by atoms with Crippen LogP contribution in [0.5, 0.6) is 0 Å². The first-order valence-electron chi connectivity index (χ1n) is 6.71. The van der Waals surface area contributed by atoms with Gasteiger partial charge in [0.1, 0.15) is 5.82 Å². The number of hydrogen-bond donors (Lipinski definition) is 1. The van der Waals surface area contributed by atoms with Crippen molar-refractivity contribution >= 4 is 17.5 Å². The highest BCUT2D eigenvalue weighted by atomic mass is 35.5. The summed E-state index contributed by atoms with van der Waals surface area (Å²) in [6, 6.07) is 4.07. The van der Waals surface area contributed by atoms with E-state index < -0.39 is 5.82 Å². The number of likely N-dealkylation sites (N-methyl/N-ethyl adjacent to an activating group) is 1. The maximum atomic E-state index is 13.2. The number of carbonyl (C=O) groups is 1. The molecule has 0 bridgehead atoms. The van der Waals surface area contributed by atoms with E-state index >= 15 is 0 Å². The van der Waals surface area contributed by atoms with Gasteiger partial charge in [-0.25, -0.2) is 9.07 Å². The number of halogens is 2. The maximum Gasteiger partial charge on any atom is 0.276 e. The monoisotopic (exact) mass is 325 g/mol. The minimum atomic E-state index is -0.518. The van der Waals surface area contributed by atoms with Crippen LogP contribution in [0.2, 0.25) is 5.02 Å². The summed E-state index contributed by atoms with van der Waals surface area (Å²) in [5, 5.41) is 7.86. The second-order valence-electron chi connectivity index (χ2n) is 5.03. The van der Waals surface area contributed by atoms with Gasteiger partial charge < -0.3 is 10.6 Å². The molecule has 0 fully saturated rings. The standard InChI is InChI=1S/C14H17ClFN5O/c1-8(7-17)20(3)14(22)13-9(2)21(19-18-13)10-4-5-12(16)11(15)6-10/h4-6,8H,7,17H2,1-3H3. The van der Waals surface area contributed by atoms with Crippen LogP contribution in [0.3, 0.4) is 0 Å². The van der Waals surface area contributed by atoms with Crippen LogP contribution in [0.15, 0.2) is 18.2 Å². The summed E-state index contributed by atoms with van der Waals surface area (Å²) >= 11 is 5.77. The Morgan fingerprint density at radius 2 is 2.23 bits per heavy atom. The lowest BCUT2D eigenvalue weighted by atomic mass is 10.2. The van der Waals surface area contributed by atoms with E-state index in [1.54, 1.807) is 14.0 Å². The number of benzene rings is 1. The predicted molar refractivity (Wildman–Crippen MR) is 81.7 cm³/mol. The first-order valence-corrected chi connectivity index (χ1v) is 7.09. The quantitative estimate of drug-likeness (QED) is 0.929. The van der Waals surface area contributed by atoms with Crippen LogP contribution in [0.1, 0.15) is 23.1 Å². The Bertz CT molecular complexity index is 703. The molecule has 1 heterocycles. The second kappa shape index (κ2) is 6.41. The van der Waals surface area contributed by atoms with E-state index in [0.29, 0.717) is 17.9 Å². The molecule has 1 amide bonds. The third-order valence-electron chi connectivity index (χ3n) is 3.57. The van der Waals surface area contributed by atoms with Crippen LogP contribution < -0.4 is 5.73 Å². The molecule has 2 rings (SSSR count). The molecule has 1 atom stereocenters. The number of aromatic nitrogens is 3. The highest BCUT2D eigenvalue weighted by Crippen LogP contribution is 2.20. The molecule has 118 valence electrons. The molecule has 1 aromatic heterocycles. The van der Waals surface area contributed by atoms with E-state index in [2.05, 4.69) is 10.3 Å². The van der Waals surface area contributed by atoms with Gasteiger partial charge in [0, 0.05) is 19.6 Å². The van der Waals surface area contributed by atoms with Crippen molar-refractivity contribution in [1.29, 1.82) is 0 Å². The van der Waals surface area contributed by atoms with Gasteiger partial charge in [-0.2, -0.15) is 0 Å². The first kappa shape index (κ1) is 16.4. The van der Waals surface area contributed by atoms with Gasteiger partial charge in [0.25, 0.3) is 5.91 Å². The Kier molecular flexibility index (Phi) is 4.77. The number of amides is 1. The smallest absolute Gasteiger partial charge is 0.276 e. The summed E-state index contributed by atoms with van der Waals surface area (Å²) in [6.45, 7) is 3.91. The van der Waals surface area contributed by atoms with E-state index in [-0.39, 0.29) is 22.7 Å². The van der Waals surface area contributed by atoms with Crippen molar-refractivity contribution in [3.05, 3.63) is 40.4 Å². The molecule has 1 aromatic carbocycles. The van der Waals surface area contributed by atoms with Crippen LogP contribution >= 0.6 is 11.6 Å². The van der Waals surface area contributed by atoms with Crippen LogP contribution in [0.25, 0.3) is 5.69 Å². The summed E-state index contributed by atoms with van der Waals surface area (Å²) in [7, 11) is 1.66. The fourth-order valence-electron chi connectivity index (χ4n) is 1.91. The van der Waals surface area contributed by atoms with E-state index in [9.17, 15) is 9.18 Å². The highest BCUT2D eigenvalue weighted by molar-refractivity contribution is 6.30. The number of nitrogens with two attached hydrogens (primary N) is 1. The second-order valence-corrected chi connectivity index (χ2v) is 5.44. The normalized spacial score (nSPS) is 12.3. The summed E-state index contributed by atoms with van der Waals surface area (Å²) in [6.07, 6.45) is 0. The van der Waals surface area contributed by atoms with Crippen molar-refractivity contribution in [2.75, 3.05) is 13.6 Å². The van der Waals surface area contributed by atoms with Gasteiger partial charge in [-0.15, -0.1) is 5.10 Å². The van der Waals surface area contributed by atoms with Gasteiger partial charge in [-0.3, -0.25) is 4.79 Å². The number of hydrogen-bond acceptors (Lipinski definition) is 4. The average molecular weight is 326 g/mol. The van der Waals surface area contributed by atoms with Crippen molar-refractivity contribution in [2.24, 2.45) is 5.73 Å². The molecular weight excluding hydrogens is 309 g/mol. The van der Waals surface area contributed by atoms with Crippen molar-refractivity contribution < 1.29 is 9.18 Å². The van der Waals surface area contributed by atoms with Crippen molar-refractivity contribution in [3.63, 3.8) is 0 Å².